The van der Waals surface area contributed by atoms with E-state index in [1.165, 1.54) is 15.9 Å². The van der Waals surface area contributed by atoms with Crippen LogP contribution in [0.2, 0.25) is 5.02 Å². The number of carbonyl (C=O) groups is 2. The van der Waals surface area contributed by atoms with Crippen molar-refractivity contribution in [1.29, 1.82) is 0 Å². The van der Waals surface area contributed by atoms with Crippen LogP contribution in [0.5, 0.6) is 0 Å². The summed E-state index contributed by atoms with van der Waals surface area (Å²) in [6.07, 6.45) is 0. The molecule has 0 radical (unpaired) electrons. The fourth-order valence-corrected chi connectivity index (χ4v) is 3.16. The number of amides is 2. The van der Waals surface area contributed by atoms with Crippen LogP contribution in [0.4, 0.5) is 10.1 Å². The Morgan fingerprint density at radius 3 is 2.60 bits per heavy atom. The zero-order valence-electron chi connectivity index (χ0n) is 14.0. The average Bonchev–Trinajstić information content (AvgIpc) is 2.60. The first-order valence-corrected chi connectivity index (χ1v) is 8.41. The molecular weight excluding hydrogens is 343 g/mol. The van der Waals surface area contributed by atoms with Gasteiger partial charge in [-0.05, 0) is 43.7 Å². The maximum atomic E-state index is 13.8. The molecule has 2 aromatic rings. The number of aryl methyl sites for hydroxylation is 1. The smallest absolute Gasteiger partial charge is 0.256 e. The third-order valence-electron chi connectivity index (χ3n) is 4.49. The van der Waals surface area contributed by atoms with E-state index >= 15 is 0 Å². The van der Waals surface area contributed by atoms with Gasteiger partial charge in [-0.3, -0.25) is 9.59 Å². The lowest BCUT2D eigenvalue weighted by Crippen LogP contribution is -2.57. The minimum absolute atomic E-state index is 0.241. The van der Waals surface area contributed by atoms with Gasteiger partial charge >= 0.3 is 0 Å². The first-order chi connectivity index (χ1) is 11.9. The normalized spacial score (nSPS) is 17.8. The van der Waals surface area contributed by atoms with Crippen molar-refractivity contribution in [2.75, 3.05) is 18.0 Å². The van der Waals surface area contributed by atoms with Gasteiger partial charge in [0.15, 0.2) is 0 Å². The minimum Gasteiger partial charge on any atom is -0.325 e. The van der Waals surface area contributed by atoms with Gasteiger partial charge in [-0.15, -0.1) is 0 Å². The van der Waals surface area contributed by atoms with Gasteiger partial charge in [0.05, 0.1) is 10.6 Å². The molecule has 3 rings (SSSR count). The molecule has 1 aliphatic rings. The molecule has 1 fully saturated rings. The largest absolute Gasteiger partial charge is 0.325 e. The van der Waals surface area contributed by atoms with Gasteiger partial charge < -0.3 is 9.80 Å². The first kappa shape index (κ1) is 17.4. The Balaban J connectivity index is 1.83. The summed E-state index contributed by atoms with van der Waals surface area (Å²) in [4.78, 5) is 28.5. The Morgan fingerprint density at radius 1 is 1.20 bits per heavy atom. The molecule has 0 saturated carbocycles. The van der Waals surface area contributed by atoms with Gasteiger partial charge in [-0.2, -0.15) is 0 Å². The van der Waals surface area contributed by atoms with Crippen molar-refractivity contribution in [3.8, 4) is 0 Å². The lowest BCUT2D eigenvalue weighted by atomic mass is 10.1. The maximum absolute atomic E-state index is 13.8. The highest BCUT2D eigenvalue weighted by Crippen LogP contribution is 2.25. The van der Waals surface area contributed by atoms with E-state index in [-0.39, 0.29) is 17.6 Å². The molecule has 6 heteroatoms. The zero-order chi connectivity index (χ0) is 18.1. The number of anilines is 1. The Labute approximate surface area is 150 Å². The van der Waals surface area contributed by atoms with Crippen molar-refractivity contribution < 1.29 is 14.0 Å². The second-order valence-corrected chi connectivity index (χ2v) is 6.48. The molecule has 1 heterocycles. The highest BCUT2D eigenvalue weighted by Gasteiger charge is 2.36. The predicted molar refractivity (Wildman–Crippen MR) is 95.4 cm³/mol. The summed E-state index contributed by atoms with van der Waals surface area (Å²) in [7, 11) is 0. The molecule has 2 amide bonds. The monoisotopic (exact) mass is 360 g/mol. The summed E-state index contributed by atoms with van der Waals surface area (Å²) in [5.74, 6) is -0.872. The molecule has 0 aliphatic carbocycles. The van der Waals surface area contributed by atoms with E-state index in [0.717, 1.165) is 0 Å². The number of piperazine rings is 1. The third kappa shape index (κ3) is 3.24. The zero-order valence-corrected chi connectivity index (χ0v) is 14.8. The average molecular weight is 361 g/mol. The molecule has 0 N–H and O–H groups in total. The van der Waals surface area contributed by atoms with Crippen molar-refractivity contribution in [3.63, 3.8) is 0 Å². The van der Waals surface area contributed by atoms with Crippen molar-refractivity contribution >= 4 is 29.1 Å². The second kappa shape index (κ2) is 6.84. The van der Waals surface area contributed by atoms with Crippen molar-refractivity contribution in [2.45, 2.75) is 19.9 Å². The van der Waals surface area contributed by atoms with Crippen LogP contribution >= 0.6 is 11.6 Å². The van der Waals surface area contributed by atoms with Crippen LogP contribution in [-0.4, -0.2) is 35.8 Å². The van der Waals surface area contributed by atoms with Crippen molar-refractivity contribution in [2.24, 2.45) is 0 Å². The van der Waals surface area contributed by atoms with Crippen molar-refractivity contribution in [1.82, 2.24) is 4.90 Å². The number of halogens is 2. The van der Waals surface area contributed by atoms with Crippen LogP contribution in [0.15, 0.2) is 42.5 Å². The van der Waals surface area contributed by atoms with Gasteiger partial charge in [0.1, 0.15) is 11.9 Å². The quantitative estimate of drug-likeness (QED) is 0.820. The van der Waals surface area contributed by atoms with E-state index in [1.54, 1.807) is 50.2 Å². The molecule has 0 spiro atoms. The highest BCUT2D eigenvalue weighted by atomic mass is 35.5. The van der Waals surface area contributed by atoms with Gasteiger partial charge in [0.25, 0.3) is 5.91 Å². The molecular formula is C19H18ClFN2O2. The molecule has 1 unspecified atom stereocenters. The number of hydrogen-bond acceptors (Lipinski definition) is 2. The van der Waals surface area contributed by atoms with E-state index < -0.39 is 6.04 Å². The number of benzene rings is 2. The first-order valence-electron chi connectivity index (χ1n) is 8.03. The summed E-state index contributed by atoms with van der Waals surface area (Å²) in [6, 6.07) is 10.8. The van der Waals surface area contributed by atoms with Crippen LogP contribution < -0.4 is 4.90 Å². The van der Waals surface area contributed by atoms with Crippen LogP contribution in [0.3, 0.4) is 0 Å². The highest BCUT2D eigenvalue weighted by molar-refractivity contribution is 6.33. The number of rotatable bonds is 2. The molecule has 0 bridgehead atoms. The Morgan fingerprint density at radius 2 is 1.92 bits per heavy atom. The van der Waals surface area contributed by atoms with E-state index in [2.05, 4.69) is 0 Å². The van der Waals surface area contributed by atoms with E-state index in [1.807, 2.05) is 0 Å². The number of carbonyl (C=O) groups excluding carboxylic acids is 2. The minimum atomic E-state index is -0.651. The molecule has 0 aromatic heterocycles. The summed E-state index contributed by atoms with van der Waals surface area (Å²) in [6.45, 7) is 4.01. The Bertz CT molecular complexity index is 840. The van der Waals surface area contributed by atoms with Crippen LogP contribution in [-0.2, 0) is 4.79 Å². The van der Waals surface area contributed by atoms with E-state index in [0.29, 0.717) is 34.9 Å². The molecule has 1 aliphatic heterocycles. The van der Waals surface area contributed by atoms with Crippen LogP contribution in [0, 0.1) is 12.7 Å². The Kier molecular flexibility index (Phi) is 4.77. The van der Waals surface area contributed by atoms with Gasteiger partial charge in [-0.25, -0.2) is 4.39 Å². The standard InChI is InChI=1S/C19H18ClFN2O2/c1-12-7-8-14(11-17(12)21)23-10-9-22(13(2)18(23)24)19(25)15-5-3-4-6-16(15)20/h3-8,11,13H,9-10H2,1-2H3. The predicted octanol–water partition coefficient (Wildman–Crippen LogP) is 3.67. The third-order valence-corrected chi connectivity index (χ3v) is 4.82. The summed E-state index contributed by atoms with van der Waals surface area (Å²) < 4.78 is 13.8. The lowest BCUT2D eigenvalue weighted by Gasteiger charge is -2.39. The molecule has 130 valence electrons. The molecule has 2 aromatic carbocycles. The van der Waals surface area contributed by atoms with Crippen molar-refractivity contribution in [3.05, 3.63) is 64.4 Å². The Hall–Kier alpha value is -2.40. The fourth-order valence-electron chi connectivity index (χ4n) is 2.94. The van der Waals surface area contributed by atoms with Crippen LogP contribution in [0.25, 0.3) is 0 Å². The van der Waals surface area contributed by atoms with Gasteiger partial charge in [0, 0.05) is 18.8 Å². The van der Waals surface area contributed by atoms with E-state index in [4.69, 9.17) is 11.6 Å². The summed E-state index contributed by atoms with van der Waals surface area (Å²) in [5.41, 5.74) is 1.40. The SMILES string of the molecule is Cc1ccc(N2CCN(C(=O)c3ccccc3Cl)C(C)C2=O)cc1F. The molecule has 4 nitrogen and oxygen atoms in total. The molecule has 25 heavy (non-hydrogen) atoms. The number of nitrogens with zero attached hydrogens (tertiary/aromatic N) is 2. The van der Waals surface area contributed by atoms with Gasteiger partial charge in [-0.1, -0.05) is 29.8 Å². The number of hydrogen-bond donors (Lipinski definition) is 0. The topological polar surface area (TPSA) is 40.6 Å². The van der Waals surface area contributed by atoms with Crippen LogP contribution in [0.1, 0.15) is 22.8 Å². The lowest BCUT2D eigenvalue weighted by molar-refractivity contribution is -0.124. The second-order valence-electron chi connectivity index (χ2n) is 6.08. The maximum Gasteiger partial charge on any atom is 0.256 e. The van der Waals surface area contributed by atoms with E-state index in [9.17, 15) is 14.0 Å². The summed E-state index contributed by atoms with van der Waals surface area (Å²) in [5, 5.41) is 0.357. The van der Waals surface area contributed by atoms with Gasteiger partial charge in [0.2, 0.25) is 5.91 Å². The molecule has 1 atom stereocenters. The molecule has 1 saturated heterocycles. The summed E-state index contributed by atoms with van der Waals surface area (Å²) >= 11 is 6.09. The fraction of sp³-hybridized carbons (Fsp3) is 0.263.